The number of rotatable bonds is 1. The number of hydrogen-bond acceptors (Lipinski definition) is 1. The predicted molar refractivity (Wildman–Crippen MR) is 58.8 cm³/mol. The maximum absolute atomic E-state index is 3.93. The van der Waals surface area contributed by atoms with Crippen LogP contribution in [0, 0.1) is 5.92 Å². The lowest BCUT2D eigenvalue weighted by molar-refractivity contribution is 0.737. The second-order valence-corrected chi connectivity index (χ2v) is 4.17. The minimum Gasteiger partial charge on any atom is -0.265 e. The number of pyridine rings is 1. The van der Waals surface area contributed by atoms with E-state index in [4.69, 9.17) is 0 Å². The molecule has 0 unspecified atom stereocenters. The highest BCUT2D eigenvalue weighted by atomic mass is 14.6. The first kappa shape index (κ1) is 12.2. The third-order valence-electron chi connectivity index (χ3n) is 1.37. The van der Waals surface area contributed by atoms with E-state index in [0.717, 1.165) is 5.92 Å². The molecule has 0 aromatic carbocycles. The van der Waals surface area contributed by atoms with Gasteiger partial charge in [0.15, 0.2) is 0 Å². The molecular formula is C12H21N. The third kappa shape index (κ3) is 7.51. The van der Waals surface area contributed by atoms with E-state index in [9.17, 15) is 0 Å². The fourth-order valence-corrected chi connectivity index (χ4v) is 0.748. The summed E-state index contributed by atoms with van der Waals surface area (Å²) >= 11 is 0. The molecule has 0 saturated carbocycles. The Morgan fingerprint density at radius 2 is 1.31 bits per heavy atom. The third-order valence-corrected chi connectivity index (χ3v) is 1.37. The van der Waals surface area contributed by atoms with Gasteiger partial charge in [0.1, 0.15) is 0 Å². The highest BCUT2D eigenvalue weighted by molar-refractivity contribution is 5.13. The molecule has 74 valence electrons. The van der Waals surface area contributed by atoms with E-state index in [1.54, 1.807) is 0 Å². The van der Waals surface area contributed by atoms with Gasteiger partial charge in [0.25, 0.3) is 0 Å². The van der Waals surface area contributed by atoms with Crippen LogP contribution in [0.1, 0.15) is 46.1 Å². The van der Waals surface area contributed by atoms with Gasteiger partial charge in [-0.25, -0.2) is 0 Å². The summed E-state index contributed by atoms with van der Waals surface area (Å²) in [6.07, 6.45) is 3.66. The van der Waals surface area contributed by atoms with Crippen LogP contribution in [-0.4, -0.2) is 4.98 Å². The fraction of sp³-hybridized carbons (Fsp3) is 0.583. The first-order valence-corrected chi connectivity index (χ1v) is 4.94. The van der Waals surface area contributed by atoms with Gasteiger partial charge in [0.2, 0.25) is 0 Å². The maximum Gasteiger partial charge on any atom is 0.0270 e. The molecule has 13 heavy (non-hydrogen) atoms. The summed E-state index contributed by atoms with van der Waals surface area (Å²) in [6.45, 7) is 10.9. The average molecular weight is 179 g/mol. The van der Waals surface area contributed by atoms with Gasteiger partial charge in [-0.3, -0.25) is 4.98 Å². The molecule has 1 nitrogen and oxygen atoms in total. The molecule has 1 aromatic heterocycles. The van der Waals surface area contributed by atoms with Crippen LogP contribution in [0.5, 0.6) is 0 Å². The van der Waals surface area contributed by atoms with Crippen LogP contribution in [0.2, 0.25) is 0 Å². The van der Waals surface area contributed by atoms with Crippen LogP contribution >= 0.6 is 0 Å². The molecule has 1 aromatic rings. The van der Waals surface area contributed by atoms with Crippen molar-refractivity contribution in [2.45, 2.75) is 40.5 Å². The Labute approximate surface area is 82.2 Å². The zero-order chi connectivity index (χ0) is 10.3. The summed E-state index contributed by atoms with van der Waals surface area (Å²) in [5.74, 6) is 1.45. The molecule has 0 aliphatic heterocycles. The van der Waals surface area contributed by atoms with Crippen LogP contribution in [0.15, 0.2) is 24.5 Å². The Balaban J connectivity index is 0.000000310. The first-order valence-electron chi connectivity index (χ1n) is 4.94. The van der Waals surface area contributed by atoms with Gasteiger partial charge in [0, 0.05) is 12.4 Å². The molecule has 0 aliphatic rings. The minimum absolute atomic E-state index is 0.619. The summed E-state index contributed by atoms with van der Waals surface area (Å²) < 4.78 is 0. The standard InChI is InChI=1S/C8H11N.C4H10/c1-7(2)8-3-5-9-6-4-8;1-4(2)3/h3-7H,1-2H3;4H,1-3H3. The zero-order valence-corrected chi connectivity index (χ0v) is 9.41. The maximum atomic E-state index is 3.93. The molecule has 0 radical (unpaired) electrons. The summed E-state index contributed by atoms with van der Waals surface area (Å²) in [4.78, 5) is 3.93. The van der Waals surface area contributed by atoms with Gasteiger partial charge in [0.05, 0.1) is 0 Å². The molecule has 1 rings (SSSR count). The summed E-state index contributed by atoms with van der Waals surface area (Å²) in [5.41, 5.74) is 1.35. The quantitative estimate of drug-likeness (QED) is 0.637. The Hall–Kier alpha value is -0.850. The van der Waals surface area contributed by atoms with E-state index < -0.39 is 0 Å². The zero-order valence-electron chi connectivity index (χ0n) is 9.41. The largest absolute Gasteiger partial charge is 0.265 e. The molecule has 0 spiro atoms. The summed E-state index contributed by atoms with van der Waals surface area (Å²) in [6, 6.07) is 4.09. The van der Waals surface area contributed by atoms with Crippen LogP contribution in [0.25, 0.3) is 0 Å². The van der Waals surface area contributed by atoms with Crippen molar-refractivity contribution >= 4 is 0 Å². The van der Waals surface area contributed by atoms with Crippen LogP contribution < -0.4 is 0 Å². The molecule has 0 N–H and O–H groups in total. The smallest absolute Gasteiger partial charge is 0.0270 e. The highest BCUT2D eigenvalue weighted by Gasteiger charge is 1.93. The lowest BCUT2D eigenvalue weighted by Gasteiger charge is -2.01. The van der Waals surface area contributed by atoms with Crippen molar-refractivity contribution in [1.29, 1.82) is 0 Å². The van der Waals surface area contributed by atoms with Crippen LogP contribution in [0.3, 0.4) is 0 Å². The van der Waals surface area contributed by atoms with Crippen molar-refractivity contribution in [3.8, 4) is 0 Å². The van der Waals surface area contributed by atoms with Crippen LogP contribution in [0.4, 0.5) is 0 Å². The van der Waals surface area contributed by atoms with E-state index in [1.807, 2.05) is 24.5 Å². The van der Waals surface area contributed by atoms with Crippen molar-refractivity contribution in [3.05, 3.63) is 30.1 Å². The fourth-order valence-electron chi connectivity index (χ4n) is 0.748. The van der Waals surface area contributed by atoms with E-state index in [1.165, 1.54) is 5.56 Å². The van der Waals surface area contributed by atoms with Crippen molar-refractivity contribution in [1.82, 2.24) is 4.98 Å². The molecule has 0 saturated heterocycles. The van der Waals surface area contributed by atoms with Gasteiger partial charge >= 0.3 is 0 Å². The SMILES string of the molecule is CC(C)C.CC(C)c1ccncc1. The first-order chi connectivity index (χ1) is 6.04. The van der Waals surface area contributed by atoms with Crippen LogP contribution in [-0.2, 0) is 0 Å². The lowest BCUT2D eigenvalue weighted by atomic mass is 10.1. The highest BCUT2D eigenvalue weighted by Crippen LogP contribution is 2.10. The van der Waals surface area contributed by atoms with E-state index in [0.29, 0.717) is 5.92 Å². The second-order valence-electron chi connectivity index (χ2n) is 4.17. The van der Waals surface area contributed by atoms with Crippen molar-refractivity contribution in [2.24, 2.45) is 5.92 Å². The minimum atomic E-state index is 0.619. The predicted octanol–water partition coefficient (Wildman–Crippen LogP) is 3.87. The van der Waals surface area contributed by atoms with E-state index in [2.05, 4.69) is 39.6 Å². The Kier molecular flexibility index (Phi) is 6.21. The molecule has 1 heterocycles. The Morgan fingerprint density at radius 1 is 0.923 bits per heavy atom. The summed E-state index contributed by atoms with van der Waals surface area (Å²) in [7, 11) is 0. The molecule has 0 atom stereocenters. The number of hydrogen-bond donors (Lipinski definition) is 0. The molecule has 1 heteroatoms. The van der Waals surface area contributed by atoms with E-state index >= 15 is 0 Å². The van der Waals surface area contributed by atoms with Gasteiger partial charge in [-0.05, 0) is 29.5 Å². The van der Waals surface area contributed by atoms with Crippen molar-refractivity contribution < 1.29 is 0 Å². The van der Waals surface area contributed by atoms with E-state index in [-0.39, 0.29) is 0 Å². The lowest BCUT2D eigenvalue weighted by Crippen LogP contribution is -1.85. The van der Waals surface area contributed by atoms with Crippen molar-refractivity contribution in [2.75, 3.05) is 0 Å². The van der Waals surface area contributed by atoms with Gasteiger partial charge < -0.3 is 0 Å². The second kappa shape index (κ2) is 6.64. The van der Waals surface area contributed by atoms with Gasteiger partial charge in [-0.2, -0.15) is 0 Å². The molecular weight excluding hydrogens is 158 g/mol. The number of nitrogens with zero attached hydrogens (tertiary/aromatic N) is 1. The normalized spacial score (nSPS) is 9.77. The van der Waals surface area contributed by atoms with Crippen molar-refractivity contribution in [3.63, 3.8) is 0 Å². The molecule has 0 aliphatic carbocycles. The Morgan fingerprint density at radius 3 is 1.54 bits per heavy atom. The monoisotopic (exact) mass is 179 g/mol. The topological polar surface area (TPSA) is 12.9 Å². The summed E-state index contributed by atoms with van der Waals surface area (Å²) in [5, 5.41) is 0. The number of aromatic nitrogens is 1. The molecule has 0 fully saturated rings. The molecule has 0 bridgehead atoms. The van der Waals surface area contributed by atoms with Gasteiger partial charge in [-0.1, -0.05) is 34.6 Å². The molecule has 0 amide bonds. The Bertz CT molecular complexity index is 199. The average Bonchev–Trinajstić information content (AvgIpc) is 2.05. The van der Waals surface area contributed by atoms with Gasteiger partial charge in [-0.15, -0.1) is 0 Å².